The molecule has 3 heterocycles. The van der Waals surface area contributed by atoms with E-state index in [0.29, 0.717) is 11.3 Å². The van der Waals surface area contributed by atoms with Gasteiger partial charge in [0.05, 0.1) is 12.0 Å². The lowest BCUT2D eigenvalue weighted by atomic mass is 9.75. The molecule has 2 aromatic heterocycles. The number of carbonyl (C=O) groups is 1. The smallest absolute Gasteiger partial charge is 0.361 e. The van der Waals surface area contributed by atoms with E-state index >= 15 is 0 Å². The van der Waals surface area contributed by atoms with Crippen molar-refractivity contribution in [2.24, 2.45) is 5.92 Å². The molecule has 0 radical (unpaired) electrons. The molecular formula is C24H18F3N5O. The Morgan fingerprint density at radius 1 is 1.03 bits per heavy atom. The number of fused-ring (bicyclic) bond motifs is 3. The summed E-state index contributed by atoms with van der Waals surface area (Å²) in [4.78, 5) is 20.4. The van der Waals surface area contributed by atoms with Gasteiger partial charge in [-0.1, -0.05) is 54.6 Å². The van der Waals surface area contributed by atoms with Crippen LogP contribution in [0, 0.1) is 5.92 Å². The monoisotopic (exact) mass is 449 g/mol. The summed E-state index contributed by atoms with van der Waals surface area (Å²) in [5.41, 5.74) is 3.07. The summed E-state index contributed by atoms with van der Waals surface area (Å²) in [5, 5.41) is 7.60. The van der Waals surface area contributed by atoms with Crippen molar-refractivity contribution in [2.45, 2.75) is 24.6 Å². The van der Waals surface area contributed by atoms with Gasteiger partial charge in [0.2, 0.25) is 5.95 Å². The van der Waals surface area contributed by atoms with Gasteiger partial charge in [-0.25, -0.2) is 4.68 Å². The molecule has 3 atom stereocenters. The van der Waals surface area contributed by atoms with E-state index in [2.05, 4.69) is 20.4 Å². The van der Waals surface area contributed by atoms with Crippen molar-refractivity contribution in [3.05, 3.63) is 89.5 Å². The molecule has 6 nitrogen and oxygen atoms in total. The van der Waals surface area contributed by atoms with Crippen molar-refractivity contribution < 1.29 is 18.0 Å². The molecule has 33 heavy (non-hydrogen) atoms. The first-order chi connectivity index (χ1) is 15.9. The fraction of sp³-hybridized carbons (Fsp3) is 0.208. The van der Waals surface area contributed by atoms with E-state index in [0.717, 1.165) is 16.5 Å². The maximum atomic E-state index is 13.5. The molecule has 9 heteroatoms. The highest BCUT2D eigenvalue weighted by Crippen LogP contribution is 2.46. The quantitative estimate of drug-likeness (QED) is 0.449. The fourth-order valence-electron chi connectivity index (χ4n) is 4.92. The number of nitrogens with one attached hydrogen (secondary N) is 2. The van der Waals surface area contributed by atoms with E-state index in [1.165, 1.54) is 4.68 Å². The Hall–Kier alpha value is -3.88. The third kappa shape index (κ3) is 3.14. The van der Waals surface area contributed by atoms with Crippen molar-refractivity contribution in [3.8, 4) is 0 Å². The third-order valence-corrected chi connectivity index (χ3v) is 6.37. The molecule has 0 spiro atoms. The maximum absolute atomic E-state index is 13.5. The van der Waals surface area contributed by atoms with Gasteiger partial charge in [0, 0.05) is 40.7 Å². The van der Waals surface area contributed by atoms with Crippen molar-refractivity contribution in [3.63, 3.8) is 0 Å². The van der Waals surface area contributed by atoms with Gasteiger partial charge in [-0.15, -0.1) is 5.10 Å². The molecule has 0 saturated heterocycles. The molecule has 166 valence electrons. The summed E-state index contributed by atoms with van der Waals surface area (Å²) in [7, 11) is 0. The number of nitrogens with zero attached hydrogens (tertiary/aromatic N) is 3. The Bertz CT molecular complexity index is 1400. The maximum Gasteiger partial charge on any atom is 0.453 e. The van der Waals surface area contributed by atoms with E-state index in [1.807, 2.05) is 60.7 Å². The van der Waals surface area contributed by atoms with Crippen LogP contribution in [0.25, 0.3) is 10.9 Å². The molecule has 2 aromatic carbocycles. The van der Waals surface area contributed by atoms with Crippen molar-refractivity contribution >= 4 is 22.6 Å². The van der Waals surface area contributed by atoms with Crippen LogP contribution in [-0.2, 0) is 11.0 Å². The predicted octanol–water partition coefficient (Wildman–Crippen LogP) is 5.05. The van der Waals surface area contributed by atoms with Crippen LogP contribution in [0.15, 0.2) is 72.6 Å². The Labute approximate surface area is 186 Å². The number of anilines is 1. The van der Waals surface area contributed by atoms with Crippen LogP contribution in [-0.4, -0.2) is 25.5 Å². The lowest BCUT2D eigenvalue weighted by molar-refractivity contribution is -0.145. The molecule has 1 aliphatic heterocycles. The van der Waals surface area contributed by atoms with E-state index in [1.54, 1.807) is 6.20 Å². The van der Waals surface area contributed by atoms with Gasteiger partial charge in [0.25, 0.3) is 5.82 Å². The van der Waals surface area contributed by atoms with Crippen LogP contribution in [0.4, 0.5) is 19.1 Å². The summed E-state index contributed by atoms with van der Waals surface area (Å²) < 4.78 is 41.6. The summed E-state index contributed by atoms with van der Waals surface area (Å²) in [6.45, 7) is 0. The minimum absolute atomic E-state index is 0.0263. The van der Waals surface area contributed by atoms with Gasteiger partial charge in [0.15, 0.2) is 0 Å². The molecule has 0 amide bonds. The Morgan fingerprint density at radius 2 is 1.79 bits per heavy atom. The average Bonchev–Trinajstić information content (AvgIpc) is 3.42. The number of para-hydroxylation sites is 1. The molecule has 0 bridgehead atoms. The van der Waals surface area contributed by atoms with E-state index < -0.39 is 24.0 Å². The number of benzene rings is 2. The van der Waals surface area contributed by atoms with Gasteiger partial charge in [-0.2, -0.15) is 18.2 Å². The number of hydrogen-bond donors (Lipinski definition) is 2. The van der Waals surface area contributed by atoms with Gasteiger partial charge in [0.1, 0.15) is 5.78 Å². The zero-order valence-corrected chi connectivity index (χ0v) is 17.2. The minimum atomic E-state index is -4.70. The molecule has 2 N–H and O–H groups in total. The lowest BCUT2D eigenvalue weighted by Gasteiger charge is -2.37. The highest BCUT2D eigenvalue weighted by atomic mass is 19.4. The first-order valence-electron chi connectivity index (χ1n) is 10.6. The molecule has 2 aliphatic rings. The number of aromatic nitrogens is 4. The van der Waals surface area contributed by atoms with Crippen LogP contribution in [0.5, 0.6) is 0 Å². The third-order valence-electron chi connectivity index (χ3n) is 6.37. The molecule has 1 aliphatic carbocycles. The van der Waals surface area contributed by atoms with Crippen LogP contribution < -0.4 is 5.32 Å². The van der Waals surface area contributed by atoms with Gasteiger partial charge < -0.3 is 10.3 Å². The van der Waals surface area contributed by atoms with Crippen molar-refractivity contribution in [1.29, 1.82) is 0 Å². The predicted molar refractivity (Wildman–Crippen MR) is 115 cm³/mol. The topological polar surface area (TPSA) is 75.6 Å². The van der Waals surface area contributed by atoms with Gasteiger partial charge >= 0.3 is 6.18 Å². The first kappa shape index (κ1) is 19.8. The van der Waals surface area contributed by atoms with E-state index in [-0.39, 0.29) is 24.1 Å². The number of H-pyrrole nitrogens is 1. The summed E-state index contributed by atoms with van der Waals surface area (Å²) in [5.74, 6) is -2.18. The van der Waals surface area contributed by atoms with Gasteiger partial charge in [-0.3, -0.25) is 4.79 Å². The summed E-state index contributed by atoms with van der Waals surface area (Å²) >= 11 is 0. The Kier molecular flexibility index (Phi) is 4.23. The summed E-state index contributed by atoms with van der Waals surface area (Å²) in [6.07, 6.45) is -0.760. The Morgan fingerprint density at radius 3 is 2.58 bits per heavy atom. The fourth-order valence-corrected chi connectivity index (χ4v) is 4.92. The number of ketones is 1. The summed E-state index contributed by atoms with van der Waals surface area (Å²) in [6, 6.07) is 16.3. The molecule has 0 fully saturated rings. The standard InChI is InChI=1S/C24H18F3N5O/c25-24(26,27)22-30-23-29-18-10-14(13-6-2-1-3-7-13)11-19(33)20(18)21(32(23)31-22)16-12-28-17-9-5-4-8-15(16)17/h1-10,12,14,20-21,28H,11H2,(H,29,30,31)/t14-,20-,21+/m0/s1. The Balaban J connectivity index is 1.55. The second-order valence-corrected chi connectivity index (χ2v) is 8.35. The van der Waals surface area contributed by atoms with E-state index in [9.17, 15) is 18.0 Å². The van der Waals surface area contributed by atoms with Crippen molar-refractivity contribution in [2.75, 3.05) is 5.32 Å². The number of Topliss-reactive ketones (excluding diaryl/α,β-unsaturated/α-hetero) is 1. The highest BCUT2D eigenvalue weighted by Gasteiger charge is 2.46. The minimum Gasteiger partial charge on any atom is -0.361 e. The number of rotatable bonds is 2. The molecular weight excluding hydrogens is 431 g/mol. The van der Waals surface area contributed by atoms with Crippen LogP contribution in [0.2, 0.25) is 0 Å². The largest absolute Gasteiger partial charge is 0.453 e. The number of carbonyl (C=O) groups excluding carboxylic acids is 1. The highest BCUT2D eigenvalue weighted by molar-refractivity contribution is 5.91. The number of hydrogen-bond acceptors (Lipinski definition) is 4. The lowest BCUT2D eigenvalue weighted by Crippen LogP contribution is -2.40. The van der Waals surface area contributed by atoms with Crippen LogP contribution >= 0.6 is 0 Å². The second-order valence-electron chi connectivity index (χ2n) is 8.35. The molecule has 6 rings (SSSR count). The number of halogens is 3. The first-order valence-corrected chi connectivity index (χ1v) is 10.6. The molecule has 0 unspecified atom stereocenters. The van der Waals surface area contributed by atoms with Crippen molar-refractivity contribution in [1.82, 2.24) is 19.7 Å². The SMILES string of the molecule is O=C1C[C@@H](c2ccccc2)C=C2Nc3nc(C(F)(F)F)nn3[C@H](c3c[nH]c4ccccc34)[C@H]12. The molecule has 0 saturated carbocycles. The normalized spacial score (nSPS) is 22.5. The number of alkyl halides is 3. The molecule has 4 aromatic rings. The average molecular weight is 449 g/mol. The van der Waals surface area contributed by atoms with Crippen LogP contribution in [0.3, 0.4) is 0 Å². The second kappa shape index (κ2) is 7.06. The number of allylic oxidation sites excluding steroid dienone is 2. The van der Waals surface area contributed by atoms with E-state index in [4.69, 9.17) is 0 Å². The van der Waals surface area contributed by atoms with Gasteiger partial charge in [-0.05, 0) is 11.6 Å². The zero-order valence-electron chi connectivity index (χ0n) is 17.2. The number of aromatic amines is 1. The zero-order chi connectivity index (χ0) is 22.7. The van der Waals surface area contributed by atoms with Crippen LogP contribution in [0.1, 0.15) is 35.3 Å².